The minimum absolute atomic E-state index is 0.161. The van der Waals surface area contributed by atoms with E-state index in [2.05, 4.69) is 14.7 Å². The highest BCUT2D eigenvalue weighted by Crippen LogP contribution is 2.21. The lowest BCUT2D eigenvalue weighted by atomic mass is 10.2. The molecule has 1 atom stereocenters. The summed E-state index contributed by atoms with van der Waals surface area (Å²) in [7, 11) is 2.91. The summed E-state index contributed by atoms with van der Waals surface area (Å²) in [6.45, 7) is 11.6. The average molecular weight is 450 g/mol. The summed E-state index contributed by atoms with van der Waals surface area (Å²) >= 11 is 0. The Morgan fingerprint density at radius 3 is 2.41 bits per heavy atom. The fraction of sp³-hybridized carbons (Fsp3) is 0.565. The molecule has 1 amide bonds. The molecule has 1 saturated heterocycles. The van der Waals surface area contributed by atoms with Crippen molar-refractivity contribution < 1.29 is 23.8 Å². The highest BCUT2D eigenvalue weighted by Gasteiger charge is 2.37. The second kappa shape index (κ2) is 12.1. The van der Waals surface area contributed by atoms with Gasteiger partial charge in [-0.15, -0.1) is 0 Å². The summed E-state index contributed by atoms with van der Waals surface area (Å²) in [5.74, 6) is 0.335. The van der Waals surface area contributed by atoms with Crippen LogP contribution >= 0.6 is 0 Å². The number of fused-ring (bicyclic) bond motifs is 1. The molecule has 0 bridgehead atoms. The van der Waals surface area contributed by atoms with E-state index in [0.29, 0.717) is 29.9 Å². The first-order chi connectivity index (χ1) is 15.1. The van der Waals surface area contributed by atoms with Gasteiger partial charge in [0.15, 0.2) is 0 Å². The summed E-state index contributed by atoms with van der Waals surface area (Å²) in [5.41, 5.74) is 1.23. The summed E-state index contributed by atoms with van der Waals surface area (Å²) in [4.78, 5) is 42.8. The van der Waals surface area contributed by atoms with E-state index in [1.54, 1.807) is 40.9 Å². The van der Waals surface area contributed by atoms with Gasteiger partial charge in [0.2, 0.25) is 0 Å². The minimum Gasteiger partial charge on any atom is -0.497 e. The second-order valence-corrected chi connectivity index (χ2v) is 7.89. The van der Waals surface area contributed by atoms with Crippen LogP contribution in [0.4, 0.5) is 4.79 Å². The number of benzene rings is 1. The zero-order valence-electron chi connectivity index (χ0n) is 20.3. The van der Waals surface area contributed by atoms with Crippen LogP contribution in [0.5, 0.6) is 5.75 Å². The number of H-pyrrole nitrogens is 1. The van der Waals surface area contributed by atoms with Crippen molar-refractivity contribution >= 4 is 23.1 Å². The first kappa shape index (κ1) is 26.9. The van der Waals surface area contributed by atoms with Crippen molar-refractivity contribution in [1.29, 1.82) is 0 Å². The van der Waals surface area contributed by atoms with E-state index in [4.69, 9.17) is 9.47 Å². The van der Waals surface area contributed by atoms with Gasteiger partial charge in [-0.1, -0.05) is 13.8 Å². The third kappa shape index (κ3) is 7.55. The van der Waals surface area contributed by atoms with Crippen molar-refractivity contribution in [2.45, 2.75) is 66.0 Å². The van der Waals surface area contributed by atoms with Crippen LogP contribution in [-0.4, -0.2) is 59.3 Å². The monoisotopic (exact) mass is 449 g/mol. The normalized spacial score (nSPS) is 15.1. The lowest BCUT2D eigenvalue weighted by molar-refractivity contribution is -0.145. The number of likely N-dealkylation sites (tertiary alicyclic amines) is 1. The van der Waals surface area contributed by atoms with Gasteiger partial charge in [0.1, 0.15) is 23.1 Å². The number of methoxy groups -OCH3 is 2. The highest BCUT2D eigenvalue weighted by atomic mass is 16.6. The number of nitrogens with one attached hydrogen (secondary N) is 1. The molecule has 0 spiro atoms. The first-order valence-corrected chi connectivity index (χ1v) is 10.7. The molecule has 0 aliphatic carbocycles. The molecule has 9 heteroatoms. The standard InChI is InChI=1S/C11H19NO4.C10H10N2O2.C2H6/c1-11(2,3)16-10(14)12-7-5-6-8(12)9(13)15-4;1-6-10(13)12-9-5-7(14-2)3-4-8(9)11-6;1-2/h8H,5-7H2,1-4H3;3-5H,1-2H3,(H,12,13);1-2H3. The zero-order chi connectivity index (χ0) is 24.5. The molecule has 1 aromatic heterocycles. The van der Waals surface area contributed by atoms with Gasteiger partial charge in [-0.05, 0) is 52.7 Å². The van der Waals surface area contributed by atoms with E-state index >= 15 is 0 Å². The van der Waals surface area contributed by atoms with Gasteiger partial charge < -0.3 is 19.2 Å². The molecule has 1 fully saturated rings. The van der Waals surface area contributed by atoms with E-state index < -0.39 is 17.7 Å². The van der Waals surface area contributed by atoms with Gasteiger partial charge in [-0.25, -0.2) is 14.6 Å². The molecule has 178 valence electrons. The van der Waals surface area contributed by atoms with Crippen LogP contribution in [-0.2, 0) is 14.3 Å². The summed E-state index contributed by atoms with van der Waals surface area (Å²) in [6.07, 6.45) is 1.01. The number of aromatic nitrogens is 2. The molecule has 1 aliphatic heterocycles. The fourth-order valence-corrected chi connectivity index (χ4v) is 2.97. The third-order valence-corrected chi connectivity index (χ3v) is 4.42. The maximum Gasteiger partial charge on any atom is 0.411 e. The maximum absolute atomic E-state index is 11.8. The molecule has 3 rings (SSSR count). The molecule has 1 unspecified atom stereocenters. The molecule has 0 radical (unpaired) electrons. The van der Waals surface area contributed by atoms with E-state index in [9.17, 15) is 14.4 Å². The lowest BCUT2D eigenvalue weighted by Crippen LogP contribution is -2.43. The Kier molecular flexibility index (Phi) is 10.2. The molecule has 2 aromatic rings. The van der Waals surface area contributed by atoms with E-state index in [0.717, 1.165) is 11.9 Å². The quantitative estimate of drug-likeness (QED) is 0.694. The SMILES string of the molecule is CC.COC(=O)C1CCCN1C(=O)OC(C)(C)C.COc1ccc2nc(C)c(=O)[nH]c2c1. The number of aryl methyl sites for hydroxylation is 1. The number of esters is 1. The van der Waals surface area contributed by atoms with Crippen molar-refractivity contribution in [1.82, 2.24) is 14.9 Å². The number of nitrogens with zero attached hydrogens (tertiary/aromatic N) is 2. The van der Waals surface area contributed by atoms with E-state index in [1.165, 1.54) is 12.0 Å². The molecule has 32 heavy (non-hydrogen) atoms. The molecule has 0 saturated carbocycles. The number of carbonyl (C=O) groups excluding carboxylic acids is 2. The van der Waals surface area contributed by atoms with Crippen molar-refractivity contribution in [3.05, 3.63) is 34.2 Å². The topological polar surface area (TPSA) is 111 Å². The number of aromatic amines is 1. The maximum atomic E-state index is 11.8. The summed E-state index contributed by atoms with van der Waals surface area (Å²) in [6, 6.07) is 4.90. The Labute approximate surface area is 189 Å². The van der Waals surface area contributed by atoms with Gasteiger partial charge in [-0.3, -0.25) is 9.69 Å². The van der Waals surface area contributed by atoms with Gasteiger partial charge >= 0.3 is 12.1 Å². The third-order valence-electron chi connectivity index (χ3n) is 4.42. The van der Waals surface area contributed by atoms with Crippen LogP contribution in [0, 0.1) is 6.92 Å². The Bertz CT molecular complexity index is 964. The van der Waals surface area contributed by atoms with Gasteiger partial charge in [0.25, 0.3) is 5.56 Å². The minimum atomic E-state index is -0.541. The van der Waals surface area contributed by atoms with Crippen molar-refractivity contribution in [2.75, 3.05) is 20.8 Å². The molecule has 2 heterocycles. The van der Waals surface area contributed by atoms with Crippen molar-refractivity contribution in [3.63, 3.8) is 0 Å². The van der Waals surface area contributed by atoms with Crippen LogP contribution in [0.2, 0.25) is 0 Å². The number of hydrogen-bond donors (Lipinski definition) is 1. The predicted octanol–water partition coefficient (Wildman–Crippen LogP) is 3.83. The molecule has 9 nitrogen and oxygen atoms in total. The van der Waals surface area contributed by atoms with E-state index in [-0.39, 0.29) is 11.5 Å². The predicted molar refractivity (Wildman–Crippen MR) is 123 cm³/mol. The first-order valence-electron chi connectivity index (χ1n) is 10.7. The molecular weight excluding hydrogens is 414 g/mol. The number of carbonyl (C=O) groups is 2. The zero-order valence-corrected chi connectivity index (χ0v) is 20.3. The van der Waals surface area contributed by atoms with Crippen molar-refractivity contribution in [3.8, 4) is 5.75 Å². The Morgan fingerprint density at radius 1 is 1.19 bits per heavy atom. The fourth-order valence-electron chi connectivity index (χ4n) is 2.97. The van der Waals surface area contributed by atoms with Crippen LogP contribution < -0.4 is 10.3 Å². The summed E-state index contributed by atoms with van der Waals surface area (Å²) < 4.78 is 14.9. The van der Waals surface area contributed by atoms with Crippen LogP contribution in [0.15, 0.2) is 23.0 Å². The number of hydrogen-bond acceptors (Lipinski definition) is 7. The largest absolute Gasteiger partial charge is 0.497 e. The van der Waals surface area contributed by atoms with Gasteiger partial charge in [0, 0.05) is 12.6 Å². The van der Waals surface area contributed by atoms with Gasteiger partial charge in [-0.2, -0.15) is 0 Å². The molecular formula is C23H35N3O6. The molecule has 1 N–H and O–H groups in total. The molecule has 1 aromatic carbocycles. The van der Waals surface area contributed by atoms with Crippen LogP contribution in [0.1, 0.15) is 53.2 Å². The van der Waals surface area contributed by atoms with Gasteiger partial charge in [0.05, 0.1) is 25.3 Å². The second-order valence-electron chi connectivity index (χ2n) is 7.89. The average Bonchev–Trinajstić information content (AvgIpc) is 3.24. The number of amides is 1. The summed E-state index contributed by atoms with van der Waals surface area (Å²) in [5, 5.41) is 0. The Morgan fingerprint density at radius 2 is 1.84 bits per heavy atom. The highest BCUT2D eigenvalue weighted by molar-refractivity contribution is 5.82. The smallest absolute Gasteiger partial charge is 0.411 e. The number of ether oxygens (including phenoxy) is 3. The Balaban J connectivity index is 0.000000299. The van der Waals surface area contributed by atoms with E-state index in [1.807, 2.05) is 26.0 Å². The number of rotatable bonds is 2. The molecule has 1 aliphatic rings. The lowest BCUT2D eigenvalue weighted by Gasteiger charge is -2.27. The Hall–Kier alpha value is -3.10. The van der Waals surface area contributed by atoms with Crippen LogP contribution in [0.3, 0.4) is 0 Å². The van der Waals surface area contributed by atoms with Crippen LogP contribution in [0.25, 0.3) is 11.0 Å². The van der Waals surface area contributed by atoms with Crippen molar-refractivity contribution in [2.24, 2.45) is 0 Å².